The Morgan fingerprint density at radius 1 is 0.935 bits per heavy atom. The number of imidazole rings is 1. The highest BCUT2D eigenvalue weighted by atomic mass is 16.1. The number of hydrogen-bond donors (Lipinski definition) is 1. The van der Waals surface area contributed by atoms with Crippen molar-refractivity contribution >= 4 is 23.0 Å². The number of fused-ring (bicyclic) bond motifs is 1. The number of nitrogens with one attached hydrogen (secondary N) is 1. The van der Waals surface area contributed by atoms with Gasteiger partial charge in [0.05, 0.1) is 17.8 Å². The summed E-state index contributed by atoms with van der Waals surface area (Å²) in [4.78, 5) is 29.2. The van der Waals surface area contributed by atoms with Crippen molar-refractivity contribution in [3.8, 4) is 11.3 Å². The van der Waals surface area contributed by atoms with Gasteiger partial charge < -0.3 is 9.72 Å². The van der Waals surface area contributed by atoms with Gasteiger partial charge in [-0.05, 0) is 86.8 Å². The van der Waals surface area contributed by atoms with Crippen LogP contribution < -0.4 is 5.32 Å². The molecule has 0 aliphatic heterocycles. The van der Waals surface area contributed by atoms with Gasteiger partial charge in [-0.1, -0.05) is 12.1 Å². The molecule has 4 rings (SSSR count). The summed E-state index contributed by atoms with van der Waals surface area (Å²) in [6.07, 6.45) is 2.15. The third kappa shape index (κ3) is 4.26. The van der Waals surface area contributed by atoms with E-state index in [1.807, 2.05) is 29.7 Å². The number of aryl methyl sites for hydroxylation is 3. The van der Waals surface area contributed by atoms with Crippen LogP contribution in [0.5, 0.6) is 0 Å². The van der Waals surface area contributed by atoms with E-state index in [4.69, 9.17) is 4.98 Å². The molecule has 4 aromatic rings. The number of carbonyl (C=O) groups excluding carboxylic acids is 2. The maximum absolute atomic E-state index is 12.9. The normalized spacial score (nSPS) is 11.0. The number of ketones is 1. The Hall–Kier alpha value is -3.73. The average molecular weight is 412 g/mol. The van der Waals surface area contributed by atoms with Crippen LogP contribution in [0.4, 0.5) is 5.69 Å². The van der Waals surface area contributed by atoms with Crippen molar-refractivity contribution in [3.05, 3.63) is 88.7 Å². The molecule has 31 heavy (non-hydrogen) atoms. The Morgan fingerprint density at radius 2 is 1.68 bits per heavy atom. The van der Waals surface area contributed by atoms with E-state index in [0.717, 1.165) is 28.2 Å². The topological polar surface area (TPSA) is 63.5 Å². The number of hydrogen-bond acceptors (Lipinski definition) is 3. The monoisotopic (exact) mass is 411 g/mol. The van der Waals surface area contributed by atoms with Crippen molar-refractivity contribution in [2.45, 2.75) is 34.1 Å². The van der Waals surface area contributed by atoms with E-state index in [0.29, 0.717) is 11.3 Å². The fourth-order valence-electron chi connectivity index (χ4n) is 3.63. The number of anilines is 1. The van der Waals surface area contributed by atoms with Crippen LogP contribution >= 0.6 is 0 Å². The first-order chi connectivity index (χ1) is 14.8. The summed E-state index contributed by atoms with van der Waals surface area (Å²) in [7, 11) is 0. The van der Waals surface area contributed by atoms with Crippen LogP contribution in [0.15, 0.2) is 60.8 Å². The molecule has 5 heteroatoms. The predicted molar refractivity (Wildman–Crippen MR) is 124 cm³/mol. The Balaban J connectivity index is 1.69. The molecule has 0 saturated carbocycles. The second-order valence-electron chi connectivity index (χ2n) is 8.00. The van der Waals surface area contributed by atoms with Crippen molar-refractivity contribution in [2.24, 2.45) is 0 Å². The summed E-state index contributed by atoms with van der Waals surface area (Å²) < 4.78 is 1.98. The standard InChI is InChI=1S/C26H25N3O2/c1-16-11-12-29-23(15-25(31)27-22-9-7-20(8-10-22)19(4)30)26(28-24(29)13-16)21-6-5-17(2)18(3)14-21/h5-14H,15H2,1-4H3,(H,27,31). The minimum Gasteiger partial charge on any atom is -0.326 e. The van der Waals surface area contributed by atoms with E-state index in [-0.39, 0.29) is 18.1 Å². The van der Waals surface area contributed by atoms with Gasteiger partial charge in [-0.15, -0.1) is 0 Å². The largest absolute Gasteiger partial charge is 0.326 e. The summed E-state index contributed by atoms with van der Waals surface area (Å²) in [6, 6.07) is 17.2. The number of carbonyl (C=O) groups is 2. The minimum atomic E-state index is -0.136. The van der Waals surface area contributed by atoms with Gasteiger partial charge in [0.1, 0.15) is 5.65 Å². The lowest BCUT2D eigenvalue weighted by atomic mass is 10.0. The first-order valence-electron chi connectivity index (χ1n) is 10.3. The maximum atomic E-state index is 12.9. The van der Waals surface area contributed by atoms with Crippen molar-refractivity contribution in [1.82, 2.24) is 9.38 Å². The highest BCUT2D eigenvalue weighted by Crippen LogP contribution is 2.27. The van der Waals surface area contributed by atoms with Gasteiger partial charge in [-0.3, -0.25) is 9.59 Å². The lowest BCUT2D eigenvalue weighted by Gasteiger charge is -2.09. The van der Waals surface area contributed by atoms with E-state index >= 15 is 0 Å². The van der Waals surface area contributed by atoms with Crippen LogP contribution in [-0.2, 0) is 11.2 Å². The summed E-state index contributed by atoms with van der Waals surface area (Å²) >= 11 is 0. The molecule has 2 heterocycles. The van der Waals surface area contributed by atoms with Crippen molar-refractivity contribution in [3.63, 3.8) is 0 Å². The van der Waals surface area contributed by atoms with E-state index in [1.54, 1.807) is 24.3 Å². The molecule has 2 aromatic heterocycles. The third-order valence-corrected chi connectivity index (χ3v) is 5.56. The lowest BCUT2D eigenvalue weighted by molar-refractivity contribution is -0.115. The van der Waals surface area contributed by atoms with Gasteiger partial charge in [-0.2, -0.15) is 0 Å². The zero-order valence-electron chi connectivity index (χ0n) is 18.2. The second kappa shape index (κ2) is 8.19. The molecule has 0 fully saturated rings. The Kier molecular flexibility index (Phi) is 5.42. The van der Waals surface area contributed by atoms with Gasteiger partial charge >= 0.3 is 0 Å². The molecule has 0 bridgehead atoms. The SMILES string of the molecule is CC(=O)c1ccc(NC(=O)Cc2c(-c3ccc(C)c(C)c3)nc3cc(C)ccn23)cc1. The maximum Gasteiger partial charge on any atom is 0.230 e. The van der Waals surface area contributed by atoms with E-state index < -0.39 is 0 Å². The summed E-state index contributed by atoms with van der Waals surface area (Å²) in [5, 5.41) is 2.93. The van der Waals surface area contributed by atoms with Gasteiger partial charge in [0.25, 0.3) is 0 Å². The molecule has 0 aliphatic rings. The van der Waals surface area contributed by atoms with Gasteiger partial charge in [0.2, 0.25) is 5.91 Å². The third-order valence-electron chi connectivity index (χ3n) is 5.56. The van der Waals surface area contributed by atoms with Crippen molar-refractivity contribution in [2.75, 3.05) is 5.32 Å². The lowest BCUT2D eigenvalue weighted by Crippen LogP contribution is -2.16. The molecule has 0 aliphatic carbocycles. The van der Waals surface area contributed by atoms with Crippen LogP contribution in [0.3, 0.4) is 0 Å². The first kappa shape index (κ1) is 20.5. The Morgan fingerprint density at radius 3 is 2.35 bits per heavy atom. The van der Waals surface area contributed by atoms with Crippen molar-refractivity contribution in [1.29, 1.82) is 0 Å². The molecular weight excluding hydrogens is 386 g/mol. The van der Waals surface area contributed by atoms with E-state index in [9.17, 15) is 9.59 Å². The quantitative estimate of drug-likeness (QED) is 0.453. The van der Waals surface area contributed by atoms with E-state index in [2.05, 4.69) is 37.4 Å². The van der Waals surface area contributed by atoms with E-state index in [1.165, 1.54) is 18.1 Å². The molecule has 0 spiro atoms. The van der Waals surface area contributed by atoms with Crippen LogP contribution in [0, 0.1) is 20.8 Å². The second-order valence-corrected chi connectivity index (χ2v) is 8.00. The Bertz CT molecular complexity index is 1300. The van der Waals surface area contributed by atoms with Gasteiger partial charge in [0, 0.05) is 23.0 Å². The molecule has 0 unspecified atom stereocenters. The van der Waals surface area contributed by atoms with Crippen molar-refractivity contribution < 1.29 is 9.59 Å². The molecule has 0 atom stereocenters. The highest BCUT2D eigenvalue weighted by molar-refractivity contribution is 5.96. The molecule has 2 aromatic carbocycles. The summed E-state index contributed by atoms with van der Waals surface area (Å²) in [5.74, 6) is -0.139. The number of amides is 1. The highest BCUT2D eigenvalue weighted by Gasteiger charge is 2.18. The zero-order valence-corrected chi connectivity index (χ0v) is 18.2. The number of pyridine rings is 1. The molecular formula is C26H25N3O2. The van der Waals surface area contributed by atoms with Crippen LogP contribution in [0.1, 0.15) is 39.7 Å². The Labute approximate surface area is 181 Å². The van der Waals surface area contributed by atoms with Crippen LogP contribution in [0.25, 0.3) is 16.9 Å². The first-order valence-corrected chi connectivity index (χ1v) is 10.3. The number of Topliss-reactive ketones (excluding diaryl/α,β-unsaturated/α-hetero) is 1. The van der Waals surface area contributed by atoms with Gasteiger partial charge in [0.15, 0.2) is 5.78 Å². The average Bonchev–Trinajstić information content (AvgIpc) is 3.07. The molecule has 0 saturated heterocycles. The number of benzene rings is 2. The van der Waals surface area contributed by atoms with Gasteiger partial charge in [-0.25, -0.2) is 4.98 Å². The summed E-state index contributed by atoms with van der Waals surface area (Å²) in [5.41, 5.74) is 8.28. The van der Waals surface area contributed by atoms with Crippen LogP contribution in [0.2, 0.25) is 0 Å². The predicted octanol–water partition coefficient (Wildman–Crippen LogP) is 5.31. The minimum absolute atomic E-state index is 0.00284. The number of aromatic nitrogens is 2. The zero-order chi connectivity index (χ0) is 22.1. The molecule has 1 N–H and O–H groups in total. The molecule has 0 radical (unpaired) electrons. The fraction of sp³-hybridized carbons (Fsp3) is 0.192. The fourth-order valence-corrected chi connectivity index (χ4v) is 3.63. The molecule has 1 amide bonds. The smallest absolute Gasteiger partial charge is 0.230 e. The number of rotatable bonds is 5. The number of nitrogens with zero attached hydrogens (tertiary/aromatic N) is 2. The molecule has 5 nitrogen and oxygen atoms in total. The van der Waals surface area contributed by atoms with Crippen LogP contribution in [-0.4, -0.2) is 21.1 Å². The summed E-state index contributed by atoms with van der Waals surface area (Å²) in [6.45, 7) is 7.71. The molecule has 156 valence electrons.